The van der Waals surface area contributed by atoms with Crippen molar-refractivity contribution in [2.24, 2.45) is 0 Å². The Morgan fingerprint density at radius 3 is 2.50 bits per heavy atom. The average molecular weight is 377 g/mol. The van der Waals surface area contributed by atoms with Gasteiger partial charge in [0, 0.05) is 25.5 Å². The highest BCUT2D eigenvalue weighted by atomic mass is 32.2. The van der Waals surface area contributed by atoms with Gasteiger partial charge >= 0.3 is 0 Å². The number of hydrogen-bond acceptors (Lipinski definition) is 5. The van der Waals surface area contributed by atoms with Crippen LogP contribution in [0.2, 0.25) is 0 Å². The summed E-state index contributed by atoms with van der Waals surface area (Å²) in [6.07, 6.45) is 4.91. The lowest BCUT2D eigenvalue weighted by Crippen LogP contribution is -2.41. The molecule has 0 fully saturated rings. The van der Waals surface area contributed by atoms with Crippen molar-refractivity contribution >= 4 is 15.9 Å². The maximum Gasteiger partial charge on any atom is 0.235 e. The molecule has 2 aromatic rings. The highest BCUT2D eigenvalue weighted by Crippen LogP contribution is 2.12. The lowest BCUT2D eigenvalue weighted by Gasteiger charge is -2.19. The lowest BCUT2D eigenvalue weighted by atomic mass is 10.1. The molecule has 0 atom stereocenters. The van der Waals surface area contributed by atoms with E-state index in [-0.39, 0.29) is 19.0 Å². The molecule has 0 bridgehead atoms. The van der Waals surface area contributed by atoms with Gasteiger partial charge in [0.05, 0.1) is 19.9 Å². The summed E-state index contributed by atoms with van der Waals surface area (Å²) in [7, 11) is -1.90. The third-order valence-electron chi connectivity index (χ3n) is 3.81. The average Bonchev–Trinajstić information content (AvgIpc) is 2.63. The van der Waals surface area contributed by atoms with E-state index in [0.29, 0.717) is 13.0 Å². The fourth-order valence-electron chi connectivity index (χ4n) is 2.33. The summed E-state index contributed by atoms with van der Waals surface area (Å²) in [5.74, 6) is 0.387. The van der Waals surface area contributed by atoms with Gasteiger partial charge in [0.1, 0.15) is 5.75 Å². The first-order valence-electron chi connectivity index (χ1n) is 8.12. The number of pyridine rings is 1. The van der Waals surface area contributed by atoms with Crippen molar-refractivity contribution in [2.75, 3.05) is 26.5 Å². The summed E-state index contributed by atoms with van der Waals surface area (Å²) in [5, 5.41) is 2.71. The molecule has 1 aromatic carbocycles. The molecule has 2 rings (SSSR count). The molecule has 0 aliphatic carbocycles. The molecule has 0 unspecified atom stereocenters. The molecule has 26 heavy (non-hydrogen) atoms. The van der Waals surface area contributed by atoms with Crippen LogP contribution in [0.4, 0.5) is 0 Å². The Morgan fingerprint density at radius 1 is 1.19 bits per heavy atom. The summed E-state index contributed by atoms with van der Waals surface area (Å²) in [4.78, 5) is 16.1. The normalized spacial score (nSPS) is 11.3. The molecular weight excluding hydrogens is 354 g/mol. The van der Waals surface area contributed by atoms with Crippen LogP contribution in [-0.4, -0.2) is 50.1 Å². The number of carbonyl (C=O) groups is 1. The van der Waals surface area contributed by atoms with Crippen LogP contribution in [-0.2, 0) is 27.8 Å². The highest BCUT2D eigenvalue weighted by Gasteiger charge is 2.19. The second-order valence-corrected chi connectivity index (χ2v) is 7.82. The smallest absolute Gasteiger partial charge is 0.235 e. The Balaban J connectivity index is 1.90. The highest BCUT2D eigenvalue weighted by molar-refractivity contribution is 7.88. The molecule has 0 saturated carbocycles. The first-order chi connectivity index (χ1) is 12.4. The number of methoxy groups -OCH3 is 1. The molecule has 8 heteroatoms. The van der Waals surface area contributed by atoms with Crippen LogP contribution in [0.1, 0.15) is 11.1 Å². The minimum Gasteiger partial charge on any atom is -0.497 e. The van der Waals surface area contributed by atoms with Crippen molar-refractivity contribution in [2.45, 2.75) is 13.0 Å². The minimum atomic E-state index is -3.49. The number of sulfonamides is 1. The number of carbonyl (C=O) groups excluding carboxylic acids is 1. The van der Waals surface area contributed by atoms with Crippen molar-refractivity contribution in [3.8, 4) is 5.75 Å². The molecule has 0 spiro atoms. The van der Waals surface area contributed by atoms with Crippen molar-refractivity contribution in [3.05, 3.63) is 59.9 Å². The van der Waals surface area contributed by atoms with Crippen molar-refractivity contribution in [3.63, 3.8) is 0 Å². The molecule has 0 aliphatic heterocycles. The molecule has 1 aromatic heterocycles. The summed E-state index contributed by atoms with van der Waals surface area (Å²) in [5.41, 5.74) is 1.82. The monoisotopic (exact) mass is 377 g/mol. The van der Waals surface area contributed by atoms with E-state index in [1.807, 2.05) is 30.3 Å². The fraction of sp³-hybridized carbons (Fsp3) is 0.333. The number of aromatic nitrogens is 1. The van der Waals surface area contributed by atoms with Crippen LogP contribution in [0.5, 0.6) is 5.75 Å². The van der Waals surface area contributed by atoms with Crippen molar-refractivity contribution in [1.29, 1.82) is 0 Å². The van der Waals surface area contributed by atoms with E-state index in [4.69, 9.17) is 4.74 Å². The number of hydrogen-bond donors (Lipinski definition) is 1. The van der Waals surface area contributed by atoms with Gasteiger partial charge in [-0.25, -0.2) is 8.42 Å². The van der Waals surface area contributed by atoms with E-state index in [9.17, 15) is 13.2 Å². The topological polar surface area (TPSA) is 88.6 Å². The van der Waals surface area contributed by atoms with Gasteiger partial charge in [0.15, 0.2) is 0 Å². The van der Waals surface area contributed by atoms with E-state index in [1.165, 1.54) is 4.31 Å². The predicted molar refractivity (Wildman–Crippen MR) is 99.2 cm³/mol. The summed E-state index contributed by atoms with van der Waals surface area (Å²) in [6, 6.07) is 11.0. The molecule has 0 aliphatic rings. The maximum absolute atomic E-state index is 12.1. The van der Waals surface area contributed by atoms with E-state index in [2.05, 4.69) is 10.3 Å². The zero-order chi connectivity index (χ0) is 19.0. The van der Waals surface area contributed by atoms with Gasteiger partial charge in [-0.05, 0) is 35.7 Å². The summed E-state index contributed by atoms with van der Waals surface area (Å²) in [6.45, 7) is 0.323. The number of nitrogens with zero attached hydrogens (tertiary/aromatic N) is 2. The van der Waals surface area contributed by atoms with Gasteiger partial charge in [-0.1, -0.05) is 18.2 Å². The van der Waals surface area contributed by atoms with Gasteiger partial charge in [-0.15, -0.1) is 0 Å². The first-order valence-corrected chi connectivity index (χ1v) is 9.97. The van der Waals surface area contributed by atoms with Crippen LogP contribution < -0.4 is 10.1 Å². The summed E-state index contributed by atoms with van der Waals surface area (Å²) >= 11 is 0. The Labute approximate surface area is 154 Å². The second-order valence-electron chi connectivity index (χ2n) is 5.83. The number of rotatable bonds is 9. The number of benzene rings is 1. The van der Waals surface area contributed by atoms with Gasteiger partial charge in [-0.2, -0.15) is 4.31 Å². The SMILES string of the molecule is COc1ccc(CCN(CC(=O)NCc2cccnc2)S(C)(=O)=O)cc1. The summed E-state index contributed by atoms with van der Waals surface area (Å²) < 4.78 is 30.2. The van der Waals surface area contributed by atoms with Gasteiger partial charge in [-0.3, -0.25) is 9.78 Å². The van der Waals surface area contributed by atoms with E-state index in [0.717, 1.165) is 23.1 Å². The fourth-order valence-corrected chi connectivity index (χ4v) is 3.10. The van der Waals surface area contributed by atoms with E-state index < -0.39 is 10.0 Å². The first kappa shape index (κ1) is 19.9. The van der Waals surface area contributed by atoms with Gasteiger partial charge < -0.3 is 10.1 Å². The molecule has 1 N–H and O–H groups in total. The van der Waals surface area contributed by atoms with Crippen LogP contribution in [0.15, 0.2) is 48.8 Å². The quantitative estimate of drug-likeness (QED) is 0.710. The predicted octanol–water partition coefficient (Wildman–Crippen LogP) is 1.21. The van der Waals surface area contributed by atoms with Crippen LogP contribution >= 0.6 is 0 Å². The number of ether oxygens (including phenoxy) is 1. The standard InChI is InChI=1S/C18H23N3O4S/c1-25-17-7-5-15(6-8-17)9-11-21(26(2,23)24)14-18(22)20-13-16-4-3-10-19-12-16/h3-8,10,12H,9,11,13-14H2,1-2H3,(H,20,22). The van der Waals surface area contributed by atoms with Crippen molar-refractivity contribution in [1.82, 2.24) is 14.6 Å². The van der Waals surface area contributed by atoms with Crippen LogP contribution in [0.25, 0.3) is 0 Å². The Hall–Kier alpha value is -2.45. The zero-order valence-electron chi connectivity index (χ0n) is 14.9. The Bertz CT molecular complexity index is 808. The zero-order valence-corrected chi connectivity index (χ0v) is 15.7. The number of amides is 1. The Kier molecular flexibility index (Phi) is 7.11. The molecular formula is C18H23N3O4S. The van der Waals surface area contributed by atoms with Crippen LogP contribution in [0, 0.1) is 0 Å². The third-order valence-corrected chi connectivity index (χ3v) is 5.06. The third kappa shape index (κ3) is 6.45. The lowest BCUT2D eigenvalue weighted by molar-refractivity contribution is -0.121. The van der Waals surface area contributed by atoms with E-state index >= 15 is 0 Å². The molecule has 140 valence electrons. The molecule has 7 nitrogen and oxygen atoms in total. The van der Waals surface area contributed by atoms with Crippen molar-refractivity contribution < 1.29 is 17.9 Å². The molecule has 1 heterocycles. The maximum atomic E-state index is 12.1. The minimum absolute atomic E-state index is 0.213. The molecule has 0 saturated heterocycles. The largest absolute Gasteiger partial charge is 0.497 e. The van der Waals surface area contributed by atoms with Crippen LogP contribution in [0.3, 0.4) is 0 Å². The molecule has 1 amide bonds. The number of nitrogens with one attached hydrogen (secondary N) is 1. The second kappa shape index (κ2) is 9.30. The van der Waals surface area contributed by atoms with Gasteiger partial charge in [0.2, 0.25) is 15.9 Å². The molecule has 0 radical (unpaired) electrons. The van der Waals surface area contributed by atoms with E-state index in [1.54, 1.807) is 25.6 Å². The van der Waals surface area contributed by atoms with Gasteiger partial charge in [0.25, 0.3) is 0 Å². The Morgan fingerprint density at radius 2 is 1.92 bits per heavy atom.